The molecule has 3 aromatic carbocycles. The highest BCUT2D eigenvalue weighted by Crippen LogP contribution is 2.42. The summed E-state index contributed by atoms with van der Waals surface area (Å²) in [6.45, 7) is 2.20. The largest absolute Gasteiger partial charge is 0.354 e. The second-order valence-electron chi connectivity index (χ2n) is 6.54. The van der Waals surface area contributed by atoms with Crippen molar-refractivity contribution in [2.75, 3.05) is 0 Å². The van der Waals surface area contributed by atoms with E-state index in [9.17, 15) is 0 Å². The first-order chi connectivity index (χ1) is 13.3. The summed E-state index contributed by atoms with van der Waals surface area (Å²) in [5, 5.41) is 0. The van der Waals surface area contributed by atoms with Crippen molar-refractivity contribution in [3.63, 3.8) is 0 Å². The van der Waals surface area contributed by atoms with Crippen molar-refractivity contribution < 1.29 is 4.74 Å². The summed E-state index contributed by atoms with van der Waals surface area (Å²) in [6.07, 6.45) is 4.24. The number of halogens is 1. The number of hydrogen-bond acceptors (Lipinski definition) is 1. The van der Waals surface area contributed by atoms with Gasteiger partial charge in [0.15, 0.2) is 0 Å². The van der Waals surface area contributed by atoms with Gasteiger partial charge in [0.2, 0.25) is 0 Å². The molecule has 0 fully saturated rings. The highest BCUT2D eigenvalue weighted by atomic mass is 127. The first-order valence-corrected chi connectivity index (χ1v) is 10.7. The summed E-state index contributed by atoms with van der Waals surface area (Å²) in [7, 11) is 0. The predicted octanol–water partition coefficient (Wildman–Crippen LogP) is 7.11. The third-order valence-electron chi connectivity index (χ3n) is 4.73. The van der Waals surface area contributed by atoms with Gasteiger partial charge in [-0.3, -0.25) is 0 Å². The highest BCUT2D eigenvalue weighted by Gasteiger charge is 2.39. The minimum atomic E-state index is -0.653. The molecule has 1 unspecified atom stereocenters. The third kappa shape index (κ3) is 4.50. The molecule has 1 atom stereocenters. The number of ether oxygens (including phenoxy) is 1. The van der Waals surface area contributed by atoms with Crippen molar-refractivity contribution in [1.29, 1.82) is 0 Å². The number of hydrogen-bond donors (Lipinski definition) is 0. The third-order valence-corrected chi connectivity index (χ3v) is 5.14. The van der Waals surface area contributed by atoms with E-state index in [2.05, 4.69) is 131 Å². The van der Waals surface area contributed by atoms with E-state index in [1.807, 2.05) is 0 Å². The molecule has 2 heteroatoms. The molecule has 0 spiro atoms. The van der Waals surface area contributed by atoms with Crippen LogP contribution < -0.4 is 0 Å². The van der Waals surface area contributed by atoms with Crippen LogP contribution in [0.1, 0.15) is 36.5 Å². The van der Waals surface area contributed by atoms with E-state index in [1.54, 1.807) is 0 Å². The van der Waals surface area contributed by atoms with Gasteiger partial charge in [-0.25, -0.2) is 0 Å². The Morgan fingerprint density at radius 2 is 1.19 bits per heavy atom. The molecule has 0 aromatic heterocycles. The van der Waals surface area contributed by atoms with E-state index in [-0.39, 0.29) is 6.10 Å². The van der Waals surface area contributed by atoms with Gasteiger partial charge in [-0.2, -0.15) is 0 Å². The van der Waals surface area contributed by atoms with Gasteiger partial charge in [-0.15, -0.1) is 0 Å². The lowest BCUT2D eigenvalue weighted by atomic mass is 9.80. The lowest BCUT2D eigenvalue weighted by Crippen LogP contribution is -2.36. The van der Waals surface area contributed by atoms with Crippen LogP contribution in [0.25, 0.3) is 0 Å². The van der Waals surface area contributed by atoms with Crippen LogP contribution in [0.15, 0.2) is 101 Å². The Hall–Kier alpha value is -1.91. The van der Waals surface area contributed by atoms with Gasteiger partial charge in [0, 0.05) is 0 Å². The molecule has 0 N–H and O–H groups in total. The fraction of sp³-hybridized carbons (Fsp3) is 0.200. The summed E-state index contributed by atoms with van der Waals surface area (Å²) in [5.74, 6) is 0. The van der Waals surface area contributed by atoms with Crippen molar-refractivity contribution in [2.24, 2.45) is 0 Å². The molecule has 0 aliphatic heterocycles. The zero-order valence-electron chi connectivity index (χ0n) is 15.6. The molecule has 0 aliphatic carbocycles. The Labute approximate surface area is 176 Å². The minimum absolute atomic E-state index is 0.0347. The number of benzene rings is 3. The summed E-state index contributed by atoms with van der Waals surface area (Å²) in [6, 6.07) is 31.7. The van der Waals surface area contributed by atoms with Crippen LogP contribution in [0.5, 0.6) is 0 Å². The van der Waals surface area contributed by atoms with Crippen molar-refractivity contribution >= 4 is 22.6 Å². The molecule has 3 rings (SSSR count). The zero-order chi connectivity index (χ0) is 19.0. The second-order valence-corrected chi connectivity index (χ2v) is 7.26. The Kier molecular flexibility index (Phi) is 7.25. The van der Waals surface area contributed by atoms with Gasteiger partial charge in [-0.05, 0) is 33.3 Å². The minimum Gasteiger partial charge on any atom is -0.354 e. The normalized spacial score (nSPS) is 13.0. The van der Waals surface area contributed by atoms with Crippen molar-refractivity contribution in [3.8, 4) is 0 Å². The maximum atomic E-state index is 6.99. The van der Waals surface area contributed by atoms with Gasteiger partial charge in [0.25, 0.3) is 0 Å². The molecule has 0 heterocycles. The first-order valence-electron chi connectivity index (χ1n) is 9.42. The van der Waals surface area contributed by atoms with E-state index in [0.717, 1.165) is 29.5 Å². The maximum absolute atomic E-state index is 6.99. The SMILES string of the molecule is CCCC(C=CI)OC(c1ccccc1)(c1ccccc1)c1ccccc1. The Morgan fingerprint density at radius 1 is 0.778 bits per heavy atom. The van der Waals surface area contributed by atoms with Crippen LogP contribution in [0.4, 0.5) is 0 Å². The van der Waals surface area contributed by atoms with Gasteiger partial charge in [-0.1, -0.05) is 127 Å². The van der Waals surface area contributed by atoms with Crippen LogP contribution in [0.3, 0.4) is 0 Å². The van der Waals surface area contributed by atoms with E-state index >= 15 is 0 Å². The molecular weight excluding hydrogens is 443 g/mol. The predicted molar refractivity (Wildman–Crippen MR) is 122 cm³/mol. The van der Waals surface area contributed by atoms with E-state index < -0.39 is 5.60 Å². The quantitative estimate of drug-likeness (QED) is 0.253. The molecule has 0 aliphatic rings. The summed E-state index contributed by atoms with van der Waals surface area (Å²) in [4.78, 5) is 0. The summed E-state index contributed by atoms with van der Waals surface area (Å²) in [5.41, 5.74) is 2.78. The van der Waals surface area contributed by atoms with Gasteiger partial charge < -0.3 is 4.74 Å². The highest BCUT2D eigenvalue weighted by molar-refractivity contribution is 14.1. The average Bonchev–Trinajstić information content (AvgIpc) is 2.74. The number of rotatable bonds is 8. The molecule has 3 aromatic rings. The zero-order valence-corrected chi connectivity index (χ0v) is 17.8. The van der Waals surface area contributed by atoms with Crippen molar-refractivity contribution in [1.82, 2.24) is 0 Å². The molecule has 1 nitrogen and oxygen atoms in total. The molecule has 0 saturated heterocycles. The van der Waals surface area contributed by atoms with Gasteiger partial charge in [0.1, 0.15) is 5.60 Å². The van der Waals surface area contributed by atoms with E-state index in [4.69, 9.17) is 4.74 Å². The Morgan fingerprint density at radius 3 is 1.52 bits per heavy atom. The van der Waals surface area contributed by atoms with E-state index in [0.29, 0.717) is 0 Å². The molecule has 0 radical (unpaired) electrons. The molecule has 138 valence electrons. The fourth-order valence-corrected chi connectivity index (χ4v) is 3.97. The topological polar surface area (TPSA) is 9.23 Å². The molecule has 0 amide bonds. The van der Waals surface area contributed by atoms with Crippen LogP contribution in [-0.2, 0) is 10.3 Å². The lowest BCUT2D eigenvalue weighted by Gasteiger charge is -2.38. The van der Waals surface area contributed by atoms with Gasteiger partial charge >= 0.3 is 0 Å². The van der Waals surface area contributed by atoms with Crippen LogP contribution in [0.2, 0.25) is 0 Å². The van der Waals surface area contributed by atoms with Crippen LogP contribution >= 0.6 is 22.6 Å². The Bertz CT molecular complexity index is 731. The van der Waals surface area contributed by atoms with Crippen LogP contribution in [-0.4, -0.2) is 6.10 Å². The first kappa shape index (κ1) is 19.8. The second kappa shape index (κ2) is 9.86. The summed E-state index contributed by atoms with van der Waals surface area (Å²) < 4.78 is 9.04. The molecule has 0 bridgehead atoms. The van der Waals surface area contributed by atoms with Crippen molar-refractivity contribution in [2.45, 2.75) is 31.5 Å². The lowest BCUT2D eigenvalue weighted by molar-refractivity contribution is -0.0278. The fourth-order valence-electron chi connectivity index (χ4n) is 3.51. The Balaban J connectivity index is 2.25. The molecule has 0 saturated carbocycles. The monoisotopic (exact) mass is 468 g/mol. The molecule has 27 heavy (non-hydrogen) atoms. The maximum Gasteiger partial charge on any atom is 0.144 e. The summed E-state index contributed by atoms with van der Waals surface area (Å²) >= 11 is 2.28. The smallest absolute Gasteiger partial charge is 0.144 e. The van der Waals surface area contributed by atoms with Crippen molar-refractivity contribution in [3.05, 3.63) is 118 Å². The standard InChI is InChI=1S/C25H25IO/c1-2-12-24(19-20-26)27-25(21-13-6-3-7-14-21,22-15-8-4-9-16-22)23-17-10-5-11-18-23/h3-11,13-20,24H,2,12H2,1H3. The average molecular weight is 468 g/mol. The van der Waals surface area contributed by atoms with Gasteiger partial charge in [0.05, 0.1) is 6.10 Å². The molecular formula is C25H25IO. The van der Waals surface area contributed by atoms with E-state index in [1.165, 1.54) is 0 Å². The van der Waals surface area contributed by atoms with Crippen LogP contribution in [0, 0.1) is 0 Å².